The summed E-state index contributed by atoms with van der Waals surface area (Å²) in [4.78, 5) is 47.7. The third-order valence-electron chi connectivity index (χ3n) is 5.30. The van der Waals surface area contributed by atoms with Gasteiger partial charge in [0.15, 0.2) is 5.13 Å². The molecule has 2 aliphatic rings. The predicted molar refractivity (Wildman–Crippen MR) is 101 cm³/mol. The summed E-state index contributed by atoms with van der Waals surface area (Å²) in [6.45, 7) is 1.59. The number of nitrogens with one attached hydrogen (secondary N) is 1. The first-order chi connectivity index (χ1) is 13.1. The number of anilines is 1. The second-order valence-corrected chi connectivity index (χ2v) is 7.82. The molecular weight excluding hydrogens is 364 g/mol. The highest BCUT2D eigenvalue weighted by molar-refractivity contribution is 7.14. The van der Waals surface area contributed by atoms with Crippen LogP contribution < -0.4 is 5.32 Å². The molecule has 1 aliphatic heterocycles. The number of carbonyl (C=O) groups excluding carboxylic acids is 3. The number of fused-ring (bicyclic) bond motifs is 1. The first-order valence-electron chi connectivity index (χ1n) is 9.11. The molecule has 1 N–H and O–H groups in total. The Bertz CT molecular complexity index is 858. The lowest BCUT2D eigenvalue weighted by Crippen LogP contribution is -2.46. The lowest BCUT2D eigenvalue weighted by atomic mass is 9.81. The molecule has 0 aromatic carbocycles. The third-order valence-corrected chi connectivity index (χ3v) is 6.06. The first kappa shape index (κ1) is 17.8. The summed E-state index contributed by atoms with van der Waals surface area (Å²) in [7, 11) is 0. The second kappa shape index (κ2) is 7.19. The van der Waals surface area contributed by atoms with Gasteiger partial charge in [-0.1, -0.05) is 18.9 Å². The maximum atomic E-state index is 12.6. The Morgan fingerprint density at radius 2 is 1.89 bits per heavy atom. The largest absolute Gasteiger partial charge is 0.300 e. The van der Waals surface area contributed by atoms with E-state index in [0.29, 0.717) is 10.8 Å². The fourth-order valence-corrected chi connectivity index (χ4v) is 4.57. The Hall–Kier alpha value is -2.61. The van der Waals surface area contributed by atoms with Crippen LogP contribution in [0.15, 0.2) is 29.8 Å². The van der Waals surface area contributed by atoms with Crippen molar-refractivity contribution in [2.24, 2.45) is 11.8 Å². The van der Waals surface area contributed by atoms with Crippen LogP contribution in [0, 0.1) is 11.8 Å². The molecule has 0 radical (unpaired) electrons. The average molecular weight is 384 g/mol. The minimum Gasteiger partial charge on any atom is -0.300 e. The zero-order valence-corrected chi connectivity index (χ0v) is 15.7. The van der Waals surface area contributed by atoms with Crippen LogP contribution >= 0.6 is 11.3 Å². The number of aromatic nitrogens is 2. The van der Waals surface area contributed by atoms with Gasteiger partial charge in [-0.25, -0.2) is 4.98 Å². The third kappa shape index (κ3) is 3.25. The molecule has 0 spiro atoms. The Morgan fingerprint density at radius 1 is 1.19 bits per heavy atom. The van der Waals surface area contributed by atoms with Crippen LogP contribution in [0.25, 0.3) is 11.4 Å². The molecule has 3 amide bonds. The van der Waals surface area contributed by atoms with Crippen LogP contribution in [0.4, 0.5) is 5.13 Å². The highest BCUT2D eigenvalue weighted by Gasteiger charge is 2.50. The fourth-order valence-electron chi connectivity index (χ4n) is 3.86. The number of hydrogen-bond donors (Lipinski definition) is 1. The molecule has 8 heteroatoms. The van der Waals surface area contributed by atoms with Gasteiger partial charge in [0.25, 0.3) is 0 Å². The van der Waals surface area contributed by atoms with Crippen LogP contribution in [0.1, 0.15) is 32.6 Å². The molecule has 2 aromatic heterocycles. The minimum absolute atomic E-state index is 0.208. The van der Waals surface area contributed by atoms with Crippen LogP contribution in [-0.4, -0.2) is 38.6 Å². The van der Waals surface area contributed by atoms with Crippen LogP contribution in [0.2, 0.25) is 0 Å². The van der Waals surface area contributed by atoms with E-state index < -0.39 is 11.9 Å². The zero-order chi connectivity index (χ0) is 19.0. The number of imide groups is 1. The molecule has 27 heavy (non-hydrogen) atoms. The van der Waals surface area contributed by atoms with Gasteiger partial charge in [0.05, 0.1) is 17.5 Å². The Morgan fingerprint density at radius 3 is 2.52 bits per heavy atom. The van der Waals surface area contributed by atoms with Crippen molar-refractivity contribution in [1.82, 2.24) is 14.9 Å². The molecular formula is C19H20N4O3S. The van der Waals surface area contributed by atoms with Crippen molar-refractivity contribution in [3.8, 4) is 11.4 Å². The van der Waals surface area contributed by atoms with E-state index in [4.69, 9.17) is 0 Å². The van der Waals surface area contributed by atoms with Crippen LogP contribution in [0.3, 0.4) is 0 Å². The van der Waals surface area contributed by atoms with Crippen LogP contribution in [0.5, 0.6) is 0 Å². The summed E-state index contributed by atoms with van der Waals surface area (Å²) in [5.41, 5.74) is 1.39. The monoisotopic (exact) mass is 384 g/mol. The van der Waals surface area contributed by atoms with E-state index in [-0.39, 0.29) is 23.7 Å². The number of nitrogens with zero attached hydrogens (tertiary/aromatic N) is 3. The van der Waals surface area contributed by atoms with E-state index in [1.807, 2.05) is 23.6 Å². The molecule has 1 saturated heterocycles. The van der Waals surface area contributed by atoms with E-state index in [1.165, 1.54) is 11.3 Å². The summed E-state index contributed by atoms with van der Waals surface area (Å²) < 4.78 is 0. The number of likely N-dealkylation sites (tertiary alicyclic amines) is 1. The molecule has 7 nitrogen and oxygen atoms in total. The number of thiazole rings is 1. The molecule has 140 valence electrons. The maximum absolute atomic E-state index is 12.6. The van der Waals surface area contributed by atoms with Crippen molar-refractivity contribution in [2.45, 2.75) is 38.6 Å². The lowest BCUT2D eigenvalue weighted by molar-refractivity contribution is -0.146. The van der Waals surface area contributed by atoms with Gasteiger partial charge in [-0.3, -0.25) is 24.3 Å². The average Bonchev–Trinajstić information content (AvgIpc) is 3.26. The number of carbonyl (C=O) groups is 3. The molecule has 2 fully saturated rings. The Kier molecular flexibility index (Phi) is 4.73. The minimum atomic E-state index is -0.849. The molecule has 4 rings (SSSR count). The molecule has 3 heterocycles. The zero-order valence-electron chi connectivity index (χ0n) is 14.9. The SMILES string of the molecule is C[C@@H](C(=O)Nc1nc(-c2ccccn2)cs1)N1C(=O)C2CCCCC2C1=O. The maximum Gasteiger partial charge on any atom is 0.249 e. The summed E-state index contributed by atoms with van der Waals surface area (Å²) in [5.74, 6) is -1.33. The summed E-state index contributed by atoms with van der Waals surface area (Å²) >= 11 is 1.28. The number of rotatable bonds is 4. The lowest BCUT2D eigenvalue weighted by Gasteiger charge is -2.21. The highest BCUT2D eigenvalue weighted by atomic mass is 32.1. The molecule has 2 aromatic rings. The Labute approximate surface area is 160 Å². The predicted octanol–water partition coefficient (Wildman–Crippen LogP) is 2.71. The normalized spacial score (nSPS) is 23.2. The van der Waals surface area contributed by atoms with Crippen molar-refractivity contribution >= 4 is 34.2 Å². The number of amides is 3. The number of pyridine rings is 1. The van der Waals surface area contributed by atoms with Gasteiger partial charge >= 0.3 is 0 Å². The highest BCUT2D eigenvalue weighted by Crippen LogP contribution is 2.39. The fraction of sp³-hybridized carbons (Fsp3) is 0.421. The summed E-state index contributed by atoms with van der Waals surface area (Å²) in [6.07, 6.45) is 5.08. The van der Waals surface area contributed by atoms with E-state index in [1.54, 1.807) is 13.1 Å². The molecule has 1 aliphatic carbocycles. The van der Waals surface area contributed by atoms with Gasteiger partial charge < -0.3 is 5.32 Å². The quantitative estimate of drug-likeness (QED) is 0.818. The number of hydrogen-bond acceptors (Lipinski definition) is 6. The van der Waals surface area contributed by atoms with E-state index in [9.17, 15) is 14.4 Å². The Balaban J connectivity index is 1.46. The topological polar surface area (TPSA) is 92.3 Å². The van der Waals surface area contributed by atoms with Gasteiger partial charge in [0.2, 0.25) is 17.7 Å². The van der Waals surface area contributed by atoms with E-state index in [2.05, 4.69) is 15.3 Å². The van der Waals surface area contributed by atoms with Gasteiger partial charge in [-0.2, -0.15) is 0 Å². The van der Waals surface area contributed by atoms with Crippen molar-refractivity contribution in [3.05, 3.63) is 29.8 Å². The van der Waals surface area contributed by atoms with E-state index >= 15 is 0 Å². The smallest absolute Gasteiger partial charge is 0.249 e. The van der Waals surface area contributed by atoms with Gasteiger partial charge in [-0.05, 0) is 31.9 Å². The first-order valence-corrected chi connectivity index (χ1v) is 9.99. The van der Waals surface area contributed by atoms with Gasteiger partial charge in [0.1, 0.15) is 11.7 Å². The van der Waals surface area contributed by atoms with Crippen LogP contribution in [-0.2, 0) is 14.4 Å². The summed E-state index contributed by atoms with van der Waals surface area (Å²) in [6, 6.07) is 4.68. The van der Waals surface area contributed by atoms with Gasteiger partial charge in [-0.15, -0.1) is 11.3 Å². The van der Waals surface area contributed by atoms with E-state index in [0.717, 1.165) is 36.3 Å². The standard InChI is InChI=1S/C19H20N4O3S/c1-11(23-17(25)12-6-2-3-7-13(12)18(23)26)16(24)22-19-21-15(10-27-19)14-8-4-5-9-20-14/h4-5,8-13H,2-3,6-7H2,1H3,(H,21,22,24)/t11-,12?,13?/m0/s1. The van der Waals surface area contributed by atoms with Crippen molar-refractivity contribution in [1.29, 1.82) is 0 Å². The van der Waals surface area contributed by atoms with Crippen molar-refractivity contribution < 1.29 is 14.4 Å². The second-order valence-electron chi connectivity index (χ2n) is 6.96. The molecule has 1 saturated carbocycles. The molecule has 3 atom stereocenters. The summed E-state index contributed by atoms with van der Waals surface area (Å²) in [5, 5.41) is 4.95. The van der Waals surface area contributed by atoms with Crippen molar-refractivity contribution in [3.63, 3.8) is 0 Å². The molecule has 2 unspecified atom stereocenters. The van der Waals surface area contributed by atoms with Crippen molar-refractivity contribution in [2.75, 3.05) is 5.32 Å². The molecule has 0 bridgehead atoms. The van der Waals surface area contributed by atoms with Gasteiger partial charge in [0, 0.05) is 11.6 Å².